The van der Waals surface area contributed by atoms with Crippen molar-refractivity contribution in [2.75, 3.05) is 7.11 Å². The molecule has 0 N–H and O–H groups in total. The first-order valence-corrected chi connectivity index (χ1v) is 8.12. The number of hydrogen-bond acceptors (Lipinski definition) is 2. The number of hydrogen-bond donors (Lipinski definition) is 0. The Hall–Kier alpha value is -1.15. The maximum atomic E-state index is 12.9. The van der Waals surface area contributed by atoms with Crippen LogP contribution in [0, 0.1) is 5.41 Å². The first-order valence-electron chi connectivity index (χ1n) is 8.12. The molecule has 1 unspecified atom stereocenters. The second-order valence-corrected chi connectivity index (χ2v) is 7.59. The number of rotatable bonds is 4. The molecule has 0 bridgehead atoms. The Morgan fingerprint density at radius 3 is 2.48 bits per heavy atom. The van der Waals surface area contributed by atoms with Crippen molar-refractivity contribution in [3.63, 3.8) is 0 Å². The van der Waals surface area contributed by atoms with Crippen molar-refractivity contribution < 1.29 is 9.53 Å². The minimum absolute atomic E-state index is 0.319. The highest BCUT2D eigenvalue weighted by Gasteiger charge is 2.45. The number of benzene rings is 1. The Bertz CT molecular complexity index is 534. The van der Waals surface area contributed by atoms with Gasteiger partial charge in [-0.05, 0) is 54.6 Å². The summed E-state index contributed by atoms with van der Waals surface area (Å²) < 4.78 is 5.74. The third kappa shape index (κ3) is 2.66. The van der Waals surface area contributed by atoms with Gasteiger partial charge in [0.2, 0.25) is 0 Å². The lowest BCUT2D eigenvalue weighted by atomic mass is 9.67. The summed E-state index contributed by atoms with van der Waals surface area (Å²) in [6.07, 6.45) is 5.60. The molecule has 2 aliphatic rings. The minimum atomic E-state index is -0.514. The van der Waals surface area contributed by atoms with Crippen LogP contribution in [0.1, 0.15) is 63.0 Å². The summed E-state index contributed by atoms with van der Waals surface area (Å²) in [5, 5.41) is 0. The molecule has 0 aromatic heterocycles. The van der Waals surface area contributed by atoms with E-state index >= 15 is 0 Å². The number of methoxy groups -OCH3 is 1. The van der Waals surface area contributed by atoms with Crippen LogP contribution in [0.3, 0.4) is 0 Å². The Balaban J connectivity index is 1.68. The Morgan fingerprint density at radius 1 is 1.19 bits per heavy atom. The highest BCUT2D eigenvalue weighted by Crippen LogP contribution is 2.45. The van der Waals surface area contributed by atoms with E-state index < -0.39 is 5.60 Å². The van der Waals surface area contributed by atoms with Crippen molar-refractivity contribution in [2.24, 2.45) is 5.41 Å². The van der Waals surface area contributed by atoms with Crippen molar-refractivity contribution in [3.05, 3.63) is 35.4 Å². The molecule has 0 saturated heterocycles. The first kappa shape index (κ1) is 14.8. The van der Waals surface area contributed by atoms with Gasteiger partial charge in [0.25, 0.3) is 0 Å². The molecule has 2 heteroatoms. The van der Waals surface area contributed by atoms with Gasteiger partial charge in [-0.1, -0.05) is 38.1 Å². The van der Waals surface area contributed by atoms with E-state index in [1.54, 1.807) is 7.11 Å². The summed E-state index contributed by atoms with van der Waals surface area (Å²) in [7, 11) is 1.71. The van der Waals surface area contributed by atoms with Gasteiger partial charge in [-0.15, -0.1) is 0 Å². The number of ether oxygens (including phenoxy) is 1. The fourth-order valence-electron chi connectivity index (χ4n) is 3.88. The Morgan fingerprint density at radius 2 is 1.86 bits per heavy atom. The van der Waals surface area contributed by atoms with Gasteiger partial charge >= 0.3 is 0 Å². The van der Waals surface area contributed by atoms with E-state index in [0.29, 0.717) is 23.5 Å². The molecule has 0 aliphatic heterocycles. The SMILES string of the molecule is COC1(C(=O)CC2Cc3ccccc32)CCC(C)(C)CC1. The number of Topliss-reactive ketones (excluding diaryl/α,β-unsaturated/α-hetero) is 1. The minimum Gasteiger partial charge on any atom is -0.370 e. The maximum Gasteiger partial charge on any atom is 0.165 e. The molecule has 0 heterocycles. The van der Waals surface area contributed by atoms with Gasteiger partial charge in [0.15, 0.2) is 5.78 Å². The van der Waals surface area contributed by atoms with Crippen LogP contribution in [0.15, 0.2) is 24.3 Å². The van der Waals surface area contributed by atoms with Gasteiger partial charge in [0.05, 0.1) is 0 Å². The molecule has 1 fully saturated rings. The van der Waals surface area contributed by atoms with Crippen LogP contribution in [0.5, 0.6) is 0 Å². The average molecular weight is 286 g/mol. The molecule has 0 spiro atoms. The zero-order valence-electron chi connectivity index (χ0n) is 13.4. The summed E-state index contributed by atoms with van der Waals surface area (Å²) >= 11 is 0. The highest BCUT2D eigenvalue weighted by atomic mass is 16.5. The molecule has 3 rings (SSSR count). The van der Waals surface area contributed by atoms with E-state index in [0.717, 1.165) is 32.1 Å². The molecule has 1 aromatic carbocycles. The monoisotopic (exact) mass is 286 g/mol. The summed E-state index contributed by atoms with van der Waals surface area (Å²) in [6.45, 7) is 4.58. The van der Waals surface area contributed by atoms with Crippen LogP contribution in [-0.4, -0.2) is 18.5 Å². The lowest BCUT2D eigenvalue weighted by Gasteiger charge is -2.42. The largest absolute Gasteiger partial charge is 0.370 e. The summed E-state index contributed by atoms with van der Waals surface area (Å²) in [4.78, 5) is 12.9. The van der Waals surface area contributed by atoms with Crippen molar-refractivity contribution in [3.8, 4) is 0 Å². The molecular weight excluding hydrogens is 260 g/mol. The predicted molar refractivity (Wildman–Crippen MR) is 84.5 cm³/mol. The molecule has 0 radical (unpaired) electrons. The number of carbonyl (C=O) groups excluding carboxylic acids is 1. The molecular formula is C19H26O2. The summed E-state index contributed by atoms with van der Waals surface area (Å²) in [5.41, 5.74) is 2.62. The normalized spacial score (nSPS) is 25.8. The van der Waals surface area contributed by atoms with Crippen LogP contribution >= 0.6 is 0 Å². The average Bonchev–Trinajstić information content (AvgIpc) is 2.45. The number of fused-ring (bicyclic) bond motifs is 1. The topological polar surface area (TPSA) is 26.3 Å². The van der Waals surface area contributed by atoms with Crippen LogP contribution < -0.4 is 0 Å². The summed E-state index contributed by atoms with van der Waals surface area (Å²) in [5.74, 6) is 0.732. The third-order valence-corrected chi connectivity index (χ3v) is 5.70. The molecule has 1 aromatic rings. The molecule has 21 heavy (non-hydrogen) atoms. The van der Waals surface area contributed by atoms with Gasteiger partial charge in [-0.3, -0.25) is 4.79 Å². The standard InChI is InChI=1S/C19H26O2/c1-18(2)8-10-19(21-3,11-9-18)17(20)13-15-12-14-6-4-5-7-16(14)15/h4-7,15H,8-13H2,1-3H3. The fraction of sp³-hybridized carbons (Fsp3) is 0.632. The van der Waals surface area contributed by atoms with Gasteiger partial charge in [-0.2, -0.15) is 0 Å². The van der Waals surface area contributed by atoms with Gasteiger partial charge in [0.1, 0.15) is 5.60 Å². The Labute approximate surface area is 127 Å². The van der Waals surface area contributed by atoms with Crippen molar-refractivity contribution in [1.29, 1.82) is 0 Å². The van der Waals surface area contributed by atoms with E-state index in [1.165, 1.54) is 11.1 Å². The van der Waals surface area contributed by atoms with Crippen LogP contribution in [0.4, 0.5) is 0 Å². The predicted octanol–water partition coefficient (Wildman–Crippen LogP) is 4.27. The molecule has 2 aliphatic carbocycles. The second-order valence-electron chi connectivity index (χ2n) is 7.59. The van der Waals surface area contributed by atoms with Crippen molar-refractivity contribution in [2.45, 2.75) is 63.9 Å². The first-order chi connectivity index (χ1) is 9.96. The molecule has 2 nitrogen and oxygen atoms in total. The third-order valence-electron chi connectivity index (χ3n) is 5.70. The van der Waals surface area contributed by atoms with Crippen LogP contribution in [-0.2, 0) is 16.0 Å². The lowest BCUT2D eigenvalue weighted by Crippen LogP contribution is -2.46. The number of carbonyl (C=O) groups is 1. The summed E-state index contributed by atoms with van der Waals surface area (Å²) in [6, 6.07) is 8.49. The fourth-order valence-corrected chi connectivity index (χ4v) is 3.88. The second kappa shape index (κ2) is 5.24. The zero-order chi connectivity index (χ0) is 15.1. The zero-order valence-corrected chi connectivity index (χ0v) is 13.4. The van der Waals surface area contributed by atoms with Gasteiger partial charge < -0.3 is 4.74 Å². The van der Waals surface area contributed by atoms with E-state index in [4.69, 9.17) is 4.74 Å². The molecule has 1 atom stereocenters. The molecule has 114 valence electrons. The molecule has 1 saturated carbocycles. The molecule has 0 amide bonds. The highest BCUT2D eigenvalue weighted by molar-refractivity contribution is 5.88. The maximum absolute atomic E-state index is 12.9. The van der Waals surface area contributed by atoms with Crippen molar-refractivity contribution >= 4 is 5.78 Å². The van der Waals surface area contributed by atoms with E-state index in [9.17, 15) is 4.79 Å². The smallest absolute Gasteiger partial charge is 0.165 e. The van der Waals surface area contributed by atoms with Crippen molar-refractivity contribution in [1.82, 2.24) is 0 Å². The van der Waals surface area contributed by atoms with E-state index in [1.807, 2.05) is 0 Å². The van der Waals surface area contributed by atoms with E-state index in [-0.39, 0.29) is 0 Å². The van der Waals surface area contributed by atoms with E-state index in [2.05, 4.69) is 38.1 Å². The number of ketones is 1. The van der Waals surface area contributed by atoms with Crippen LogP contribution in [0.25, 0.3) is 0 Å². The van der Waals surface area contributed by atoms with Gasteiger partial charge in [-0.25, -0.2) is 0 Å². The Kier molecular flexibility index (Phi) is 3.69. The quantitative estimate of drug-likeness (QED) is 0.826. The lowest BCUT2D eigenvalue weighted by molar-refractivity contribution is -0.148. The van der Waals surface area contributed by atoms with Crippen LogP contribution in [0.2, 0.25) is 0 Å². The van der Waals surface area contributed by atoms with Gasteiger partial charge in [0, 0.05) is 13.5 Å².